The van der Waals surface area contributed by atoms with Gasteiger partial charge in [0.15, 0.2) is 5.96 Å². The first-order valence-electron chi connectivity index (χ1n) is 11.1. The molecule has 174 valence electrons. The average molecular weight is 537 g/mol. The molecule has 0 aliphatic carbocycles. The van der Waals surface area contributed by atoms with E-state index in [1.54, 1.807) is 11.9 Å². The van der Waals surface area contributed by atoms with Gasteiger partial charge < -0.3 is 20.4 Å². The monoisotopic (exact) mass is 536 g/mol. The van der Waals surface area contributed by atoms with Gasteiger partial charge >= 0.3 is 0 Å². The van der Waals surface area contributed by atoms with Crippen molar-refractivity contribution in [1.82, 2.24) is 25.3 Å². The first-order chi connectivity index (χ1) is 14.0. The molecule has 0 radical (unpaired) electrons. The van der Waals surface area contributed by atoms with Crippen LogP contribution in [0.5, 0.6) is 0 Å². The van der Waals surface area contributed by atoms with Gasteiger partial charge in [-0.05, 0) is 51.5 Å². The largest absolute Gasteiger partial charge is 0.359 e. The molecule has 8 nitrogen and oxygen atoms in total. The summed E-state index contributed by atoms with van der Waals surface area (Å²) in [5.41, 5.74) is 0. The number of hydrogen-bond donors (Lipinski definition) is 2. The topological polar surface area (TPSA) is 80.3 Å². The number of halogens is 1. The molecular formula is C21H41IN6O2. The molecule has 2 N–H and O–H groups in total. The summed E-state index contributed by atoms with van der Waals surface area (Å²) in [6.07, 6.45) is 5.70. The third-order valence-electron chi connectivity index (χ3n) is 5.96. The molecule has 0 saturated carbocycles. The molecule has 9 heteroatoms. The number of nitrogens with zero attached hydrogens (tertiary/aromatic N) is 4. The van der Waals surface area contributed by atoms with Crippen LogP contribution in [0.3, 0.4) is 0 Å². The van der Waals surface area contributed by atoms with Crippen molar-refractivity contribution in [3.8, 4) is 0 Å². The fourth-order valence-electron chi connectivity index (χ4n) is 4.27. The van der Waals surface area contributed by atoms with Crippen LogP contribution in [0, 0.1) is 5.92 Å². The molecule has 0 bridgehead atoms. The molecule has 1 unspecified atom stereocenters. The van der Waals surface area contributed by atoms with Gasteiger partial charge in [0.2, 0.25) is 11.8 Å². The minimum atomic E-state index is 0. The van der Waals surface area contributed by atoms with Crippen molar-refractivity contribution in [2.75, 3.05) is 60.4 Å². The number of carbonyl (C=O) groups is 2. The summed E-state index contributed by atoms with van der Waals surface area (Å²) in [5, 5.41) is 6.14. The maximum atomic E-state index is 12.3. The van der Waals surface area contributed by atoms with Crippen molar-refractivity contribution in [2.24, 2.45) is 10.9 Å². The Balaban J connectivity index is 0.00000450. The molecule has 0 aromatic rings. The van der Waals surface area contributed by atoms with E-state index in [1.807, 2.05) is 14.1 Å². The van der Waals surface area contributed by atoms with Crippen molar-refractivity contribution in [3.63, 3.8) is 0 Å². The highest BCUT2D eigenvalue weighted by atomic mass is 127. The van der Waals surface area contributed by atoms with E-state index in [0.717, 1.165) is 77.3 Å². The van der Waals surface area contributed by atoms with Crippen LogP contribution in [0.1, 0.15) is 45.4 Å². The Hall–Kier alpha value is -1.10. The molecular weight excluding hydrogens is 495 g/mol. The number of rotatable bonds is 8. The minimum Gasteiger partial charge on any atom is -0.359 e. The van der Waals surface area contributed by atoms with Crippen LogP contribution in [0.25, 0.3) is 0 Å². The van der Waals surface area contributed by atoms with Crippen LogP contribution in [-0.4, -0.2) is 98.9 Å². The summed E-state index contributed by atoms with van der Waals surface area (Å²) in [7, 11) is 5.38. The normalized spacial score (nSPS) is 20.6. The maximum Gasteiger partial charge on any atom is 0.239 e. The molecule has 0 aromatic heterocycles. The number of piperidine rings is 1. The molecule has 2 saturated heterocycles. The lowest BCUT2D eigenvalue weighted by Crippen LogP contribution is -2.46. The molecule has 30 heavy (non-hydrogen) atoms. The van der Waals surface area contributed by atoms with E-state index in [2.05, 4.69) is 27.4 Å². The zero-order valence-electron chi connectivity index (χ0n) is 19.2. The Morgan fingerprint density at radius 3 is 2.43 bits per heavy atom. The number of nitrogens with one attached hydrogen (secondary N) is 2. The molecule has 2 aliphatic heterocycles. The lowest BCUT2D eigenvalue weighted by atomic mass is 9.93. The van der Waals surface area contributed by atoms with Crippen molar-refractivity contribution in [1.29, 1.82) is 0 Å². The van der Waals surface area contributed by atoms with E-state index in [4.69, 9.17) is 4.99 Å². The number of likely N-dealkylation sites (N-methyl/N-ethyl adjacent to an activating group) is 1. The number of carbonyl (C=O) groups excluding carboxylic acids is 2. The van der Waals surface area contributed by atoms with Gasteiger partial charge in [-0.25, -0.2) is 0 Å². The van der Waals surface area contributed by atoms with Crippen LogP contribution in [0.15, 0.2) is 4.99 Å². The highest BCUT2D eigenvalue weighted by molar-refractivity contribution is 14.0. The van der Waals surface area contributed by atoms with E-state index >= 15 is 0 Å². The van der Waals surface area contributed by atoms with Gasteiger partial charge in [0.1, 0.15) is 0 Å². The smallest absolute Gasteiger partial charge is 0.239 e. The number of hydrogen-bond acceptors (Lipinski definition) is 4. The van der Waals surface area contributed by atoms with E-state index in [9.17, 15) is 9.59 Å². The third kappa shape index (κ3) is 8.20. The van der Waals surface area contributed by atoms with Crippen molar-refractivity contribution < 1.29 is 9.59 Å². The molecule has 2 amide bonds. The van der Waals surface area contributed by atoms with Crippen LogP contribution in [0.4, 0.5) is 0 Å². The fourth-order valence-corrected chi connectivity index (χ4v) is 4.27. The van der Waals surface area contributed by atoms with Crippen LogP contribution in [0.2, 0.25) is 0 Å². The van der Waals surface area contributed by atoms with Gasteiger partial charge in [0, 0.05) is 60.3 Å². The summed E-state index contributed by atoms with van der Waals surface area (Å²) in [6, 6.07) is 0.0431. The first kappa shape index (κ1) is 26.9. The summed E-state index contributed by atoms with van der Waals surface area (Å²) in [4.78, 5) is 35.1. The second-order valence-electron chi connectivity index (χ2n) is 8.32. The van der Waals surface area contributed by atoms with Crippen molar-refractivity contribution in [2.45, 2.75) is 51.5 Å². The Morgan fingerprint density at radius 2 is 1.83 bits per heavy atom. The zero-order chi connectivity index (χ0) is 21.2. The Morgan fingerprint density at radius 1 is 1.13 bits per heavy atom. The second kappa shape index (κ2) is 14.1. The number of amides is 2. The predicted molar refractivity (Wildman–Crippen MR) is 132 cm³/mol. The molecule has 2 heterocycles. The van der Waals surface area contributed by atoms with Gasteiger partial charge in [-0.1, -0.05) is 0 Å². The Kier molecular flexibility index (Phi) is 12.6. The third-order valence-corrected chi connectivity index (χ3v) is 5.96. The van der Waals surface area contributed by atoms with Gasteiger partial charge in [0.05, 0.1) is 6.04 Å². The van der Waals surface area contributed by atoms with Crippen molar-refractivity contribution >= 4 is 41.8 Å². The number of guanidine groups is 1. The van der Waals surface area contributed by atoms with Gasteiger partial charge in [-0.3, -0.25) is 19.5 Å². The first-order valence-corrected chi connectivity index (χ1v) is 11.1. The van der Waals surface area contributed by atoms with E-state index in [0.29, 0.717) is 12.3 Å². The second-order valence-corrected chi connectivity index (χ2v) is 8.32. The molecule has 0 aromatic carbocycles. The number of aliphatic imine (C=N–C) groups is 1. The molecule has 2 aliphatic rings. The SMILES string of the molecule is CCNC(=NCCCN1CCCC1C(=O)N(C)C)N1CCC(CC(=O)NC)CC1.I. The summed E-state index contributed by atoms with van der Waals surface area (Å²) >= 11 is 0. The summed E-state index contributed by atoms with van der Waals surface area (Å²) < 4.78 is 0. The molecule has 1 atom stereocenters. The molecule has 2 rings (SSSR count). The van der Waals surface area contributed by atoms with Crippen LogP contribution >= 0.6 is 24.0 Å². The zero-order valence-corrected chi connectivity index (χ0v) is 21.5. The highest BCUT2D eigenvalue weighted by Crippen LogP contribution is 2.21. The van der Waals surface area contributed by atoms with Gasteiger partial charge in [0.25, 0.3) is 0 Å². The van der Waals surface area contributed by atoms with E-state index in [-0.39, 0.29) is 41.8 Å². The fraction of sp³-hybridized carbons (Fsp3) is 0.857. The van der Waals surface area contributed by atoms with Gasteiger partial charge in [-0.2, -0.15) is 0 Å². The Bertz CT molecular complexity index is 564. The lowest BCUT2D eigenvalue weighted by molar-refractivity contribution is -0.133. The maximum absolute atomic E-state index is 12.3. The molecule has 2 fully saturated rings. The minimum absolute atomic E-state index is 0. The van der Waals surface area contributed by atoms with Crippen LogP contribution < -0.4 is 10.6 Å². The molecule has 0 spiro atoms. The number of likely N-dealkylation sites (tertiary alicyclic amines) is 2. The average Bonchev–Trinajstić information content (AvgIpc) is 3.18. The van der Waals surface area contributed by atoms with E-state index < -0.39 is 0 Å². The highest BCUT2D eigenvalue weighted by Gasteiger charge is 2.31. The van der Waals surface area contributed by atoms with Crippen molar-refractivity contribution in [3.05, 3.63) is 0 Å². The quantitative estimate of drug-likeness (QED) is 0.212. The standard InChI is InChI=1S/C21H40N6O2.HI/c1-5-23-21(27-14-9-17(10-15-27)16-19(28)22-2)24-11-7-13-26-12-6-8-18(26)20(29)25(3)4;/h17-18H,5-16H2,1-4H3,(H,22,28)(H,23,24);1H. The van der Waals surface area contributed by atoms with Gasteiger partial charge in [-0.15, -0.1) is 24.0 Å². The van der Waals surface area contributed by atoms with E-state index in [1.165, 1.54) is 0 Å². The summed E-state index contributed by atoms with van der Waals surface area (Å²) in [6.45, 7) is 7.52. The Labute approximate surface area is 199 Å². The lowest BCUT2D eigenvalue weighted by Gasteiger charge is -2.34. The van der Waals surface area contributed by atoms with Crippen LogP contribution in [-0.2, 0) is 9.59 Å². The summed E-state index contributed by atoms with van der Waals surface area (Å²) in [5.74, 6) is 1.81. The predicted octanol–water partition coefficient (Wildman–Crippen LogP) is 1.36.